The maximum atomic E-state index is 14.0. The maximum absolute atomic E-state index is 14.0. The first-order chi connectivity index (χ1) is 17.1. The lowest BCUT2D eigenvalue weighted by atomic mass is 9.66. The highest BCUT2D eigenvalue weighted by molar-refractivity contribution is 8.02. The van der Waals surface area contributed by atoms with E-state index in [2.05, 4.69) is 10.6 Å². The molecular formula is C27H30ClN3O4S. The third-order valence-corrected chi connectivity index (χ3v) is 10.3. The summed E-state index contributed by atoms with van der Waals surface area (Å²) >= 11 is 7.98. The monoisotopic (exact) mass is 527 g/mol. The van der Waals surface area contributed by atoms with E-state index in [-0.39, 0.29) is 24.3 Å². The summed E-state index contributed by atoms with van der Waals surface area (Å²) in [5.74, 6) is -2.07. The summed E-state index contributed by atoms with van der Waals surface area (Å²) in [6, 6.07) is 13.2. The number of para-hydroxylation sites is 2. The normalized spacial score (nSPS) is 31.3. The Kier molecular flexibility index (Phi) is 6.34. The van der Waals surface area contributed by atoms with Crippen LogP contribution in [0.2, 0.25) is 5.02 Å². The van der Waals surface area contributed by atoms with E-state index in [1.54, 1.807) is 24.8 Å². The fourth-order valence-electron chi connectivity index (χ4n) is 6.35. The highest BCUT2D eigenvalue weighted by atomic mass is 35.5. The van der Waals surface area contributed by atoms with E-state index >= 15 is 0 Å². The second-order valence-corrected chi connectivity index (χ2v) is 12.6. The third kappa shape index (κ3) is 3.73. The van der Waals surface area contributed by atoms with Crippen molar-refractivity contribution in [1.29, 1.82) is 0 Å². The zero-order valence-corrected chi connectivity index (χ0v) is 22.0. The third-order valence-electron chi connectivity index (χ3n) is 8.00. The molecule has 2 aromatic rings. The van der Waals surface area contributed by atoms with Gasteiger partial charge in [0.05, 0.1) is 39.9 Å². The highest BCUT2D eigenvalue weighted by Gasteiger charge is 2.77. The minimum absolute atomic E-state index is 0.212. The Morgan fingerprint density at radius 2 is 1.86 bits per heavy atom. The number of likely N-dealkylation sites (tertiary alicyclic amines) is 1. The lowest BCUT2D eigenvalue weighted by molar-refractivity contribution is -0.141. The lowest BCUT2D eigenvalue weighted by Crippen LogP contribution is -2.54. The summed E-state index contributed by atoms with van der Waals surface area (Å²) in [5, 5.41) is 16.4. The number of carbonyl (C=O) groups excluding carboxylic acids is 3. The summed E-state index contributed by atoms with van der Waals surface area (Å²) < 4.78 is -1.25. The van der Waals surface area contributed by atoms with E-state index < -0.39 is 33.4 Å². The summed E-state index contributed by atoms with van der Waals surface area (Å²) in [7, 11) is 0. The Morgan fingerprint density at radius 1 is 1.14 bits per heavy atom. The second kappa shape index (κ2) is 9.08. The number of carbonyl (C=O) groups is 3. The zero-order chi connectivity index (χ0) is 25.8. The molecule has 1 spiro atoms. The number of thioether (sulfide) groups is 1. The van der Waals surface area contributed by atoms with E-state index in [0.717, 1.165) is 5.56 Å². The van der Waals surface area contributed by atoms with Gasteiger partial charge in [-0.05, 0) is 57.4 Å². The molecule has 2 aromatic carbocycles. The van der Waals surface area contributed by atoms with Crippen LogP contribution < -0.4 is 10.6 Å². The van der Waals surface area contributed by atoms with Gasteiger partial charge in [0, 0.05) is 10.4 Å². The van der Waals surface area contributed by atoms with E-state index in [1.165, 1.54) is 4.90 Å². The standard InChI is InChI=1S/C27H30ClN3O4S/c1-15-8-7-11-18(28)21(15)30-24(34)22-27-13-12-26(3,36-27)19(20(27)25(35)31(22)16(2)14-32)23(33)29-17-9-5-4-6-10-17/h4-11,16,19-20,22,32H,12-14H2,1-3H3,(H,29,33)(H,30,34)/t16-,19+,20+,22?,26-,27?/m1/s1. The molecule has 2 bridgehead atoms. The fourth-order valence-corrected chi connectivity index (χ4v) is 8.96. The minimum atomic E-state index is -0.839. The SMILES string of the molecule is Cc1cccc(Cl)c1NC(=O)C1N([C@H](C)CO)C(=O)[C@@H]2[C@@H](C(=O)Nc3ccccc3)[C@@]3(C)CCC12S3. The van der Waals surface area contributed by atoms with Crippen molar-refractivity contribution in [1.82, 2.24) is 4.90 Å². The van der Waals surface area contributed by atoms with Crippen molar-refractivity contribution in [3.8, 4) is 0 Å². The van der Waals surface area contributed by atoms with Gasteiger partial charge in [-0.2, -0.15) is 0 Å². The van der Waals surface area contributed by atoms with Crippen molar-refractivity contribution in [2.75, 3.05) is 17.2 Å². The fraction of sp³-hybridized carbons (Fsp3) is 0.444. The number of amides is 3. The Labute approximate surface area is 220 Å². The Balaban J connectivity index is 1.54. The van der Waals surface area contributed by atoms with Crippen LogP contribution in [0.3, 0.4) is 0 Å². The number of aryl methyl sites for hydroxylation is 1. The number of hydrogen-bond acceptors (Lipinski definition) is 5. The molecule has 3 aliphatic heterocycles. The molecular weight excluding hydrogens is 498 g/mol. The summed E-state index contributed by atoms with van der Waals surface area (Å²) in [4.78, 5) is 43.1. The van der Waals surface area contributed by atoms with Crippen molar-refractivity contribution in [2.45, 2.75) is 55.2 Å². The molecule has 3 fully saturated rings. The highest BCUT2D eigenvalue weighted by Crippen LogP contribution is 2.71. The van der Waals surface area contributed by atoms with Crippen LogP contribution in [0.15, 0.2) is 48.5 Å². The number of nitrogens with zero attached hydrogens (tertiary/aromatic N) is 1. The number of halogens is 1. The first kappa shape index (κ1) is 25.1. The quantitative estimate of drug-likeness (QED) is 0.525. The molecule has 190 valence electrons. The van der Waals surface area contributed by atoms with E-state index in [1.807, 2.05) is 56.3 Å². The molecule has 0 saturated carbocycles. The van der Waals surface area contributed by atoms with Gasteiger partial charge in [-0.25, -0.2) is 0 Å². The van der Waals surface area contributed by atoms with Crippen LogP contribution in [0.1, 0.15) is 32.3 Å². The van der Waals surface area contributed by atoms with Crippen LogP contribution in [0.4, 0.5) is 11.4 Å². The van der Waals surface area contributed by atoms with E-state index in [4.69, 9.17) is 11.6 Å². The number of aliphatic hydroxyl groups is 1. The maximum Gasteiger partial charge on any atom is 0.248 e. The molecule has 2 unspecified atom stereocenters. The number of nitrogens with one attached hydrogen (secondary N) is 2. The molecule has 0 radical (unpaired) electrons. The largest absolute Gasteiger partial charge is 0.394 e. The predicted molar refractivity (Wildman–Crippen MR) is 142 cm³/mol. The molecule has 0 aromatic heterocycles. The van der Waals surface area contributed by atoms with Crippen molar-refractivity contribution in [3.63, 3.8) is 0 Å². The van der Waals surface area contributed by atoms with Gasteiger partial charge in [0.1, 0.15) is 6.04 Å². The van der Waals surface area contributed by atoms with Gasteiger partial charge in [0.25, 0.3) is 0 Å². The average molecular weight is 528 g/mol. The minimum Gasteiger partial charge on any atom is -0.394 e. The number of rotatable bonds is 6. The molecule has 0 aliphatic carbocycles. The molecule has 3 heterocycles. The smallest absolute Gasteiger partial charge is 0.248 e. The Bertz CT molecular complexity index is 1210. The predicted octanol–water partition coefficient (Wildman–Crippen LogP) is 4.09. The van der Waals surface area contributed by atoms with E-state index in [9.17, 15) is 19.5 Å². The van der Waals surface area contributed by atoms with Gasteiger partial charge < -0.3 is 20.6 Å². The summed E-state index contributed by atoms with van der Waals surface area (Å²) in [5.41, 5.74) is 1.99. The first-order valence-electron chi connectivity index (χ1n) is 12.2. The Hall–Kier alpha value is -2.55. The zero-order valence-electron chi connectivity index (χ0n) is 20.5. The van der Waals surface area contributed by atoms with Gasteiger partial charge in [-0.15, -0.1) is 11.8 Å². The summed E-state index contributed by atoms with van der Waals surface area (Å²) in [6.07, 6.45) is 1.35. The van der Waals surface area contributed by atoms with Crippen molar-refractivity contribution < 1.29 is 19.5 Å². The molecule has 36 heavy (non-hydrogen) atoms. The van der Waals surface area contributed by atoms with Gasteiger partial charge in [-0.3, -0.25) is 14.4 Å². The lowest BCUT2D eigenvalue weighted by Gasteiger charge is -2.36. The van der Waals surface area contributed by atoms with Crippen LogP contribution in [0, 0.1) is 18.8 Å². The number of anilines is 2. The van der Waals surface area contributed by atoms with Gasteiger partial charge in [0.15, 0.2) is 0 Å². The van der Waals surface area contributed by atoms with Crippen molar-refractivity contribution >= 4 is 52.5 Å². The van der Waals surface area contributed by atoms with Gasteiger partial charge in [0.2, 0.25) is 17.7 Å². The molecule has 3 aliphatic rings. The molecule has 6 atom stereocenters. The van der Waals surface area contributed by atoms with Gasteiger partial charge in [-0.1, -0.05) is 41.9 Å². The van der Waals surface area contributed by atoms with Crippen LogP contribution >= 0.6 is 23.4 Å². The van der Waals surface area contributed by atoms with Crippen LogP contribution in [0.25, 0.3) is 0 Å². The topological polar surface area (TPSA) is 98.7 Å². The molecule has 3 saturated heterocycles. The average Bonchev–Trinajstić information content (AvgIpc) is 3.42. The van der Waals surface area contributed by atoms with Crippen molar-refractivity contribution in [3.05, 3.63) is 59.1 Å². The first-order valence-corrected chi connectivity index (χ1v) is 13.4. The van der Waals surface area contributed by atoms with Crippen molar-refractivity contribution in [2.24, 2.45) is 11.8 Å². The molecule has 3 N–H and O–H groups in total. The van der Waals surface area contributed by atoms with E-state index in [0.29, 0.717) is 29.2 Å². The second-order valence-electron chi connectivity index (χ2n) is 10.3. The number of fused-ring (bicyclic) bond motifs is 1. The number of aliphatic hydroxyl groups excluding tert-OH is 1. The molecule has 7 nitrogen and oxygen atoms in total. The number of benzene rings is 2. The van der Waals surface area contributed by atoms with Gasteiger partial charge >= 0.3 is 0 Å². The van der Waals surface area contributed by atoms with Crippen LogP contribution in [-0.2, 0) is 14.4 Å². The summed E-state index contributed by atoms with van der Waals surface area (Å²) in [6.45, 7) is 5.33. The van der Waals surface area contributed by atoms with Crippen LogP contribution in [0.5, 0.6) is 0 Å². The van der Waals surface area contributed by atoms with Crippen LogP contribution in [-0.4, -0.2) is 55.9 Å². The molecule has 9 heteroatoms. The molecule has 5 rings (SSSR count). The molecule has 3 amide bonds. The Morgan fingerprint density at radius 3 is 2.53 bits per heavy atom. The number of hydrogen-bond donors (Lipinski definition) is 3.